The van der Waals surface area contributed by atoms with E-state index in [2.05, 4.69) is 15.6 Å². The number of nitrogens with zero attached hydrogens (tertiary/aromatic N) is 1. The Morgan fingerprint density at radius 1 is 1.11 bits per heavy atom. The fourth-order valence-corrected chi connectivity index (χ4v) is 1.57. The molecule has 0 spiro atoms. The lowest BCUT2D eigenvalue weighted by atomic mass is 10.2. The molecule has 5 heteroatoms. The van der Waals surface area contributed by atoms with Crippen molar-refractivity contribution in [1.82, 2.24) is 10.3 Å². The summed E-state index contributed by atoms with van der Waals surface area (Å²) in [5.74, 6) is -0.239. The molecule has 0 radical (unpaired) electrons. The molecule has 2 aromatic rings. The minimum absolute atomic E-state index is 0.239. The highest BCUT2D eigenvalue weighted by Gasteiger charge is 2.06. The summed E-state index contributed by atoms with van der Waals surface area (Å²) in [4.78, 5) is 15.7. The van der Waals surface area contributed by atoms with E-state index < -0.39 is 0 Å². The Bertz CT molecular complexity index is 543. The van der Waals surface area contributed by atoms with Gasteiger partial charge in [0.2, 0.25) is 0 Å². The number of pyridine rings is 1. The van der Waals surface area contributed by atoms with Crippen LogP contribution in [-0.4, -0.2) is 16.0 Å². The first-order chi connectivity index (χ1) is 8.75. The smallest absolute Gasteiger partial charge is 0.257 e. The van der Waals surface area contributed by atoms with Gasteiger partial charge in [0.25, 0.3) is 5.91 Å². The predicted molar refractivity (Wildman–Crippen MR) is 74.4 cm³/mol. The third-order valence-electron chi connectivity index (χ3n) is 2.18. The molecule has 1 aromatic heterocycles. The molecular formula is C13H11N3OS. The molecule has 0 saturated carbocycles. The normalized spacial score (nSPS) is 9.56. The number of carbonyl (C=O) groups is 1. The molecule has 0 aliphatic heterocycles. The van der Waals surface area contributed by atoms with E-state index in [9.17, 15) is 4.79 Å². The van der Waals surface area contributed by atoms with Crippen molar-refractivity contribution < 1.29 is 4.79 Å². The average molecular weight is 257 g/mol. The van der Waals surface area contributed by atoms with E-state index in [1.807, 2.05) is 12.1 Å². The number of thiocarbonyl (C=S) groups is 1. The zero-order valence-electron chi connectivity index (χ0n) is 9.46. The van der Waals surface area contributed by atoms with Crippen LogP contribution in [0.5, 0.6) is 0 Å². The van der Waals surface area contributed by atoms with Gasteiger partial charge in [-0.2, -0.15) is 0 Å². The average Bonchev–Trinajstić information content (AvgIpc) is 2.40. The molecule has 0 aliphatic rings. The van der Waals surface area contributed by atoms with Crippen molar-refractivity contribution in [2.45, 2.75) is 0 Å². The van der Waals surface area contributed by atoms with E-state index in [-0.39, 0.29) is 11.0 Å². The fourth-order valence-electron chi connectivity index (χ4n) is 1.36. The second kappa shape index (κ2) is 5.88. The number of hydrogen-bond donors (Lipinski definition) is 2. The van der Waals surface area contributed by atoms with Crippen molar-refractivity contribution in [2.75, 3.05) is 5.32 Å². The monoisotopic (exact) mass is 257 g/mol. The maximum absolute atomic E-state index is 11.8. The molecule has 1 amide bonds. The van der Waals surface area contributed by atoms with E-state index in [0.29, 0.717) is 5.56 Å². The molecule has 0 fully saturated rings. The van der Waals surface area contributed by atoms with E-state index in [1.165, 1.54) is 0 Å². The maximum Gasteiger partial charge on any atom is 0.257 e. The van der Waals surface area contributed by atoms with Crippen molar-refractivity contribution in [3.8, 4) is 0 Å². The lowest BCUT2D eigenvalue weighted by Crippen LogP contribution is -2.34. The van der Waals surface area contributed by atoms with Crippen LogP contribution < -0.4 is 10.6 Å². The SMILES string of the molecule is O=C(NC(=S)Nc1cccnc1)c1ccccc1. The van der Waals surface area contributed by atoms with Gasteiger partial charge >= 0.3 is 0 Å². The van der Waals surface area contributed by atoms with Crippen LogP contribution in [0.2, 0.25) is 0 Å². The molecule has 1 aromatic carbocycles. The summed E-state index contributed by atoms with van der Waals surface area (Å²) in [5, 5.41) is 5.72. The Morgan fingerprint density at radius 2 is 1.89 bits per heavy atom. The van der Waals surface area contributed by atoms with Crippen molar-refractivity contribution in [3.05, 3.63) is 60.4 Å². The number of aromatic nitrogens is 1. The summed E-state index contributed by atoms with van der Waals surface area (Å²) in [6.45, 7) is 0. The van der Waals surface area contributed by atoms with Gasteiger partial charge < -0.3 is 5.32 Å². The van der Waals surface area contributed by atoms with Crippen LogP contribution in [-0.2, 0) is 0 Å². The van der Waals surface area contributed by atoms with Crippen LogP contribution in [0.3, 0.4) is 0 Å². The van der Waals surface area contributed by atoms with Crippen LogP contribution in [0, 0.1) is 0 Å². The highest BCUT2D eigenvalue weighted by atomic mass is 32.1. The van der Waals surface area contributed by atoms with Gasteiger partial charge in [0, 0.05) is 11.8 Å². The van der Waals surface area contributed by atoms with Crippen LogP contribution in [0.25, 0.3) is 0 Å². The number of nitrogens with one attached hydrogen (secondary N) is 2. The van der Waals surface area contributed by atoms with Crippen molar-refractivity contribution in [1.29, 1.82) is 0 Å². The molecule has 0 atom stereocenters. The summed E-state index contributed by atoms with van der Waals surface area (Å²) in [5.41, 5.74) is 1.30. The Kier molecular flexibility index (Phi) is 3.98. The van der Waals surface area contributed by atoms with Gasteiger partial charge in [0.05, 0.1) is 11.9 Å². The molecule has 2 rings (SSSR count). The molecule has 0 saturated heterocycles. The van der Waals surface area contributed by atoms with E-state index >= 15 is 0 Å². The minimum atomic E-state index is -0.239. The van der Waals surface area contributed by atoms with Crippen molar-refractivity contribution in [3.63, 3.8) is 0 Å². The minimum Gasteiger partial charge on any atom is -0.331 e. The molecule has 1 heterocycles. The quantitative estimate of drug-likeness (QED) is 0.810. The lowest BCUT2D eigenvalue weighted by Gasteiger charge is -2.08. The summed E-state index contributed by atoms with van der Waals surface area (Å²) < 4.78 is 0. The standard InChI is InChI=1S/C13H11N3OS/c17-12(10-5-2-1-3-6-10)16-13(18)15-11-7-4-8-14-9-11/h1-9H,(H2,15,16,17,18). The van der Waals surface area contributed by atoms with Gasteiger partial charge in [-0.05, 0) is 36.5 Å². The summed E-state index contributed by atoms with van der Waals surface area (Å²) in [6, 6.07) is 12.5. The number of anilines is 1. The molecular weight excluding hydrogens is 246 g/mol. The third kappa shape index (κ3) is 3.36. The third-order valence-corrected chi connectivity index (χ3v) is 2.39. The van der Waals surface area contributed by atoms with Crippen LogP contribution in [0.4, 0.5) is 5.69 Å². The maximum atomic E-state index is 11.8. The highest BCUT2D eigenvalue weighted by Crippen LogP contribution is 2.03. The summed E-state index contributed by atoms with van der Waals surface area (Å²) in [7, 11) is 0. The zero-order chi connectivity index (χ0) is 12.8. The van der Waals surface area contributed by atoms with E-state index in [1.54, 1.807) is 42.7 Å². The first-order valence-corrected chi connectivity index (χ1v) is 5.74. The lowest BCUT2D eigenvalue weighted by molar-refractivity contribution is 0.0978. The molecule has 18 heavy (non-hydrogen) atoms. The van der Waals surface area contributed by atoms with Crippen LogP contribution >= 0.6 is 12.2 Å². The topological polar surface area (TPSA) is 54.0 Å². The molecule has 0 unspecified atom stereocenters. The number of benzene rings is 1. The number of rotatable bonds is 2. The Balaban J connectivity index is 1.94. The van der Waals surface area contributed by atoms with Gasteiger partial charge in [-0.1, -0.05) is 18.2 Å². The summed E-state index contributed by atoms with van der Waals surface area (Å²) in [6.07, 6.45) is 3.29. The second-order valence-electron chi connectivity index (χ2n) is 3.52. The molecule has 2 N–H and O–H groups in total. The van der Waals surface area contributed by atoms with Crippen LogP contribution in [0.15, 0.2) is 54.9 Å². The van der Waals surface area contributed by atoms with E-state index in [0.717, 1.165) is 5.69 Å². The Morgan fingerprint density at radius 3 is 2.56 bits per heavy atom. The van der Waals surface area contributed by atoms with Gasteiger partial charge in [-0.25, -0.2) is 0 Å². The Labute approximate surface area is 110 Å². The fraction of sp³-hybridized carbons (Fsp3) is 0. The van der Waals surface area contributed by atoms with Gasteiger partial charge in [-0.15, -0.1) is 0 Å². The van der Waals surface area contributed by atoms with Gasteiger partial charge in [-0.3, -0.25) is 15.1 Å². The number of hydrogen-bond acceptors (Lipinski definition) is 3. The van der Waals surface area contributed by atoms with Crippen LogP contribution in [0.1, 0.15) is 10.4 Å². The van der Waals surface area contributed by atoms with E-state index in [4.69, 9.17) is 12.2 Å². The number of carbonyl (C=O) groups excluding carboxylic acids is 1. The number of amides is 1. The summed E-state index contributed by atoms with van der Waals surface area (Å²) >= 11 is 5.04. The molecule has 90 valence electrons. The molecule has 4 nitrogen and oxygen atoms in total. The highest BCUT2D eigenvalue weighted by molar-refractivity contribution is 7.80. The van der Waals surface area contributed by atoms with Crippen molar-refractivity contribution in [2.24, 2.45) is 0 Å². The predicted octanol–water partition coefficient (Wildman–Crippen LogP) is 2.21. The largest absolute Gasteiger partial charge is 0.331 e. The van der Waals surface area contributed by atoms with Gasteiger partial charge in [0.1, 0.15) is 0 Å². The zero-order valence-corrected chi connectivity index (χ0v) is 10.3. The molecule has 0 bridgehead atoms. The first kappa shape index (κ1) is 12.2. The second-order valence-corrected chi connectivity index (χ2v) is 3.92. The first-order valence-electron chi connectivity index (χ1n) is 5.33. The van der Waals surface area contributed by atoms with Gasteiger partial charge in [0.15, 0.2) is 5.11 Å². The van der Waals surface area contributed by atoms with Crippen molar-refractivity contribution >= 4 is 28.9 Å². The Hall–Kier alpha value is -2.27. The molecule has 0 aliphatic carbocycles.